The minimum atomic E-state index is -0.612. The lowest BCUT2D eigenvalue weighted by Crippen LogP contribution is -2.22. The van der Waals surface area contributed by atoms with E-state index in [0.29, 0.717) is 17.1 Å². The smallest absolute Gasteiger partial charge is 0.360 e. The van der Waals surface area contributed by atoms with Crippen molar-refractivity contribution < 1.29 is 19.1 Å². The number of anilines is 1. The number of carbonyl (C=O) groups is 2. The van der Waals surface area contributed by atoms with Crippen LogP contribution in [0.1, 0.15) is 16.2 Å². The topological polar surface area (TPSA) is 82.5 Å². The van der Waals surface area contributed by atoms with E-state index in [-0.39, 0.29) is 18.2 Å². The molecule has 0 saturated carbocycles. The fourth-order valence-electron chi connectivity index (χ4n) is 2.58. The molecular formula is C19H19N3O4. The van der Waals surface area contributed by atoms with Crippen LogP contribution in [0.15, 0.2) is 42.5 Å². The van der Waals surface area contributed by atoms with Gasteiger partial charge in [-0.1, -0.05) is 30.3 Å². The van der Waals surface area contributed by atoms with Crippen LogP contribution < -0.4 is 10.1 Å². The Labute approximate surface area is 150 Å². The molecule has 3 rings (SSSR count). The fraction of sp³-hybridized carbons (Fsp3) is 0.211. The Kier molecular flexibility index (Phi) is 4.88. The highest BCUT2D eigenvalue weighted by Crippen LogP contribution is 2.22. The Hall–Kier alpha value is -3.35. The first kappa shape index (κ1) is 17.5. The van der Waals surface area contributed by atoms with E-state index in [1.807, 2.05) is 42.5 Å². The molecule has 0 bridgehead atoms. The minimum absolute atomic E-state index is 0.0616. The van der Waals surface area contributed by atoms with Crippen LogP contribution in [0.25, 0.3) is 10.8 Å². The van der Waals surface area contributed by atoms with Gasteiger partial charge in [0.15, 0.2) is 12.3 Å². The van der Waals surface area contributed by atoms with E-state index in [1.165, 1.54) is 11.8 Å². The number of amides is 1. The number of methoxy groups -OCH3 is 1. The van der Waals surface area contributed by atoms with Gasteiger partial charge in [-0.15, -0.1) is 0 Å². The number of nitrogens with zero attached hydrogens (tertiary/aromatic N) is 2. The number of rotatable bonds is 5. The van der Waals surface area contributed by atoms with Crippen LogP contribution in [0.2, 0.25) is 0 Å². The molecule has 0 radical (unpaired) electrons. The SMILES string of the molecule is COC(=O)c1nn(C)c(C)c1NC(=O)COc1ccc2ccccc2c1. The molecule has 7 heteroatoms. The number of ether oxygens (including phenoxy) is 2. The molecule has 7 nitrogen and oxygen atoms in total. The molecular weight excluding hydrogens is 334 g/mol. The maximum Gasteiger partial charge on any atom is 0.360 e. The van der Waals surface area contributed by atoms with Crippen molar-refractivity contribution in [3.63, 3.8) is 0 Å². The van der Waals surface area contributed by atoms with Gasteiger partial charge in [0.2, 0.25) is 0 Å². The summed E-state index contributed by atoms with van der Waals surface area (Å²) in [5, 5.41) is 8.87. The molecule has 0 aliphatic heterocycles. The maximum atomic E-state index is 12.2. The highest BCUT2D eigenvalue weighted by molar-refractivity contribution is 6.01. The van der Waals surface area contributed by atoms with Crippen LogP contribution in [0, 0.1) is 6.92 Å². The van der Waals surface area contributed by atoms with Gasteiger partial charge in [-0.05, 0) is 29.8 Å². The summed E-state index contributed by atoms with van der Waals surface area (Å²) in [6.45, 7) is 1.56. The van der Waals surface area contributed by atoms with Crippen LogP contribution >= 0.6 is 0 Å². The third kappa shape index (κ3) is 3.51. The summed E-state index contributed by atoms with van der Waals surface area (Å²) in [6.07, 6.45) is 0. The van der Waals surface area contributed by atoms with Crippen molar-refractivity contribution in [2.45, 2.75) is 6.92 Å². The predicted molar refractivity (Wildman–Crippen MR) is 97.4 cm³/mol. The van der Waals surface area contributed by atoms with Gasteiger partial charge in [0.25, 0.3) is 5.91 Å². The van der Waals surface area contributed by atoms with E-state index < -0.39 is 5.97 Å². The summed E-state index contributed by atoms with van der Waals surface area (Å²) in [7, 11) is 2.95. The summed E-state index contributed by atoms with van der Waals surface area (Å²) in [5.74, 6) is -0.409. The molecule has 0 aliphatic rings. The second kappa shape index (κ2) is 7.26. The number of hydrogen-bond donors (Lipinski definition) is 1. The number of esters is 1. The van der Waals surface area contributed by atoms with Gasteiger partial charge in [-0.3, -0.25) is 9.48 Å². The summed E-state index contributed by atoms with van der Waals surface area (Å²) in [5.41, 5.74) is 1.03. The van der Waals surface area contributed by atoms with Crippen molar-refractivity contribution in [2.75, 3.05) is 19.0 Å². The van der Waals surface area contributed by atoms with Crippen LogP contribution in [0.3, 0.4) is 0 Å². The van der Waals surface area contributed by atoms with Crippen LogP contribution in [0.5, 0.6) is 5.75 Å². The van der Waals surface area contributed by atoms with Crippen LogP contribution in [0.4, 0.5) is 5.69 Å². The Morgan fingerprint density at radius 2 is 1.88 bits per heavy atom. The Morgan fingerprint density at radius 1 is 1.15 bits per heavy atom. The number of nitrogens with one attached hydrogen (secondary N) is 1. The third-order valence-electron chi connectivity index (χ3n) is 4.07. The van der Waals surface area contributed by atoms with E-state index in [9.17, 15) is 9.59 Å². The molecule has 1 amide bonds. The van der Waals surface area contributed by atoms with E-state index in [4.69, 9.17) is 9.47 Å². The van der Waals surface area contributed by atoms with Gasteiger partial charge < -0.3 is 14.8 Å². The highest BCUT2D eigenvalue weighted by atomic mass is 16.5. The second-order valence-electron chi connectivity index (χ2n) is 5.77. The number of aryl methyl sites for hydroxylation is 1. The summed E-state index contributed by atoms with van der Waals surface area (Å²) < 4.78 is 11.8. The van der Waals surface area contributed by atoms with Crippen molar-refractivity contribution in [3.05, 3.63) is 53.9 Å². The van der Waals surface area contributed by atoms with Crippen LogP contribution in [-0.4, -0.2) is 35.4 Å². The van der Waals surface area contributed by atoms with Crippen molar-refractivity contribution in [2.24, 2.45) is 7.05 Å². The average molecular weight is 353 g/mol. The van der Waals surface area contributed by atoms with Gasteiger partial charge in [-0.25, -0.2) is 4.79 Å². The molecule has 0 unspecified atom stereocenters. The monoisotopic (exact) mass is 353 g/mol. The average Bonchev–Trinajstić information content (AvgIpc) is 2.94. The molecule has 0 saturated heterocycles. The van der Waals surface area contributed by atoms with Gasteiger partial charge in [0, 0.05) is 7.05 Å². The van der Waals surface area contributed by atoms with Crippen molar-refractivity contribution in [1.29, 1.82) is 0 Å². The zero-order valence-electron chi connectivity index (χ0n) is 14.8. The largest absolute Gasteiger partial charge is 0.484 e. The number of carbonyl (C=O) groups excluding carboxylic acids is 2. The van der Waals surface area contributed by atoms with Gasteiger partial charge in [-0.2, -0.15) is 5.10 Å². The molecule has 1 N–H and O–H groups in total. The second-order valence-corrected chi connectivity index (χ2v) is 5.77. The van der Waals surface area contributed by atoms with Crippen molar-refractivity contribution in [1.82, 2.24) is 9.78 Å². The van der Waals surface area contributed by atoms with Gasteiger partial charge in [0.05, 0.1) is 18.5 Å². The number of fused-ring (bicyclic) bond motifs is 1. The highest BCUT2D eigenvalue weighted by Gasteiger charge is 2.22. The first-order valence-electron chi connectivity index (χ1n) is 8.03. The van der Waals surface area contributed by atoms with E-state index in [1.54, 1.807) is 14.0 Å². The Morgan fingerprint density at radius 3 is 2.62 bits per heavy atom. The quantitative estimate of drug-likeness (QED) is 0.713. The first-order valence-corrected chi connectivity index (χ1v) is 8.03. The van der Waals surface area contributed by atoms with E-state index in [2.05, 4.69) is 10.4 Å². The standard InChI is InChI=1S/C19H19N3O4/c1-12-17(18(19(24)25-3)21-22(12)2)20-16(23)11-26-15-9-8-13-6-4-5-7-14(13)10-15/h4-10H,11H2,1-3H3,(H,20,23). The van der Waals surface area contributed by atoms with Gasteiger partial charge >= 0.3 is 5.97 Å². The zero-order valence-corrected chi connectivity index (χ0v) is 14.8. The minimum Gasteiger partial charge on any atom is -0.484 e. The van der Waals surface area contributed by atoms with E-state index in [0.717, 1.165) is 10.8 Å². The molecule has 0 spiro atoms. The van der Waals surface area contributed by atoms with Crippen molar-refractivity contribution in [3.8, 4) is 5.75 Å². The third-order valence-corrected chi connectivity index (χ3v) is 4.07. The summed E-state index contributed by atoms with van der Waals surface area (Å²) >= 11 is 0. The molecule has 2 aromatic carbocycles. The molecule has 1 aromatic heterocycles. The fourth-order valence-corrected chi connectivity index (χ4v) is 2.58. The summed E-state index contributed by atoms with van der Waals surface area (Å²) in [6, 6.07) is 13.5. The lowest BCUT2D eigenvalue weighted by molar-refractivity contribution is -0.118. The van der Waals surface area contributed by atoms with E-state index >= 15 is 0 Å². The lowest BCUT2D eigenvalue weighted by Gasteiger charge is -2.09. The molecule has 0 aliphatic carbocycles. The van der Waals surface area contributed by atoms with Crippen LogP contribution in [-0.2, 0) is 16.6 Å². The molecule has 26 heavy (non-hydrogen) atoms. The molecule has 0 atom stereocenters. The molecule has 134 valence electrons. The number of aromatic nitrogens is 2. The zero-order chi connectivity index (χ0) is 18.7. The Balaban J connectivity index is 1.70. The molecule has 3 aromatic rings. The Bertz CT molecular complexity index is 978. The number of benzene rings is 2. The van der Waals surface area contributed by atoms with Crippen molar-refractivity contribution >= 4 is 28.3 Å². The molecule has 0 fully saturated rings. The molecule has 1 heterocycles. The van der Waals surface area contributed by atoms with Gasteiger partial charge in [0.1, 0.15) is 5.75 Å². The summed E-state index contributed by atoms with van der Waals surface area (Å²) in [4.78, 5) is 24.1. The lowest BCUT2D eigenvalue weighted by atomic mass is 10.1. The number of hydrogen-bond acceptors (Lipinski definition) is 5. The first-order chi connectivity index (χ1) is 12.5. The predicted octanol–water partition coefficient (Wildman–Crippen LogP) is 2.69. The normalized spacial score (nSPS) is 10.6. The maximum absolute atomic E-state index is 12.2.